The highest BCUT2D eigenvalue weighted by atomic mass is 35.5. The van der Waals surface area contributed by atoms with Crippen molar-refractivity contribution in [1.29, 1.82) is 0 Å². The number of aryl methyl sites for hydroxylation is 1. The van der Waals surface area contributed by atoms with Crippen molar-refractivity contribution in [2.75, 3.05) is 26.7 Å². The summed E-state index contributed by atoms with van der Waals surface area (Å²) in [6, 6.07) is 3.27. The molecule has 1 fully saturated rings. The minimum absolute atomic E-state index is 0.000724. The molecule has 0 unspecified atom stereocenters. The predicted molar refractivity (Wildman–Crippen MR) is 81.4 cm³/mol. The third-order valence-corrected chi connectivity index (χ3v) is 3.83. The summed E-state index contributed by atoms with van der Waals surface area (Å²) < 4.78 is 0. The summed E-state index contributed by atoms with van der Waals surface area (Å²) in [6.07, 6.45) is 2.80. The van der Waals surface area contributed by atoms with Crippen molar-refractivity contribution in [3.05, 3.63) is 28.5 Å². The van der Waals surface area contributed by atoms with Crippen molar-refractivity contribution in [3.63, 3.8) is 0 Å². The molecule has 0 radical (unpaired) electrons. The van der Waals surface area contributed by atoms with E-state index in [9.17, 15) is 9.59 Å². The Hall–Kier alpha value is -1.62. The Morgan fingerprint density at radius 1 is 1.33 bits per heavy atom. The third-order valence-electron chi connectivity index (χ3n) is 3.63. The van der Waals surface area contributed by atoms with Gasteiger partial charge in [-0.05, 0) is 31.4 Å². The van der Waals surface area contributed by atoms with Crippen LogP contribution in [0.4, 0.5) is 0 Å². The summed E-state index contributed by atoms with van der Waals surface area (Å²) in [7, 11) is 1.64. The molecular formula is C15H20ClN3O2. The van der Waals surface area contributed by atoms with Crippen LogP contribution in [-0.4, -0.2) is 53.3 Å². The Morgan fingerprint density at radius 2 is 2.00 bits per heavy atom. The molecule has 21 heavy (non-hydrogen) atoms. The molecule has 0 bridgehead atoms. The first-order chi connectivity index (χ1) is 10.0. The van der Waals surface area contributed by atoms with E-state index in [2.05, 4.69) is 4.98 Å². The van der Waals surface area contributed by atoms with Crippen molar-refractivity contribution in [2.45, 2.75) is 26.2 Å². The van der Waals surface area contributed by atoms with Crippen LogP contribution in [0.3, 0.4) is 0 Å². The molecule has 2 amide bonds. The van der Waals surface area contributed by atoms with Gasteiger partial charge in [0.05, 0.1) is 6.54 Å². The molecule has 0 spiro atoms. The zero-order valence-corrected chi connectivity index (χ0v) is 13.2. The lowest BCUT2D eigenvalue weighted by molar-refractivity contribution is -0.130. The Morgan fingerprint density at radius 3 is 2.62 bits per heavy atom. The van der Waals surface area contributed by atoms with Crippen molar-refractivity contribution in [1.82, 2.24) is 14.8 Å². The second-order valence-electron chi connectivity index (χ2n) is 5.27. The zero-order valence-electron chi connectivity index (χ0n) is 12.4. The topological polar surface area (TPSA) is 53.5 Å². The standard InChI is InChI=1S/C15H20ClN3O2/c1-3-12-8-11(9-13(16)17-12)15(21)18(2)10-14(20)19-6-4-5-7-19/h8-9H,3-7,10H2,1-2H3. The van der Waals surface area contributed by atoms with Gasteiger partial charge in [-0.2, -0.15) is 0 Å². The van der Waals surface area contributed by atoms with Gasteiger partial charge >= 0.3 is 0 Å². The van der Waals surface area contributed by atoms with E-state index in [1.54, 1.807) is 24.1 Å². The van der Waals surface area contributed by atoms with E-state index in [-0.39, 0.29) is 18.4 Å². The number of aromatic nitrogens is 1. The van der Waals surface area contributed by atoms with Crippen molar-refractivity contribution in [3.8, 4) is 0 Å². The van der Waals surface area contributed by atoms with E-state index in [1.807, 2.05) is 6.92 Å². The van der Waals surface area contributed by atoms with Crippen molar-refractivity contribution < 1.29 is 9.59 Å². The van der Waals surface area contributed by atoms with Gasteiger partial charge in [0.25, 0.3) is 5.91 Å². The average Bonchev–Trinajstić information content (AvgIpc) is 2.99. The Labute approximate surface area is 129 Å². The van der Waals surface area contributed by atoms with Gasteiger partial charge in [0.1, 0.15) is 5.15 Å². The maximum Gasteiger partial charge on any atom is 0.254 e. The molecule has 1 aliphatic rings. The first-order valence-electron chi connectivity index (χ1n) is 7.21. The quantitative estimate of drug-likeness (QED) is 0.799. The molecular weight excluding hydrogens is 290 g/mol. The van der Waals surface area contributed by atoms with Gasteiger partial charge in [0.2, 0.25) is 5.91 Å². The number of likely N-dealkylation sites (tertiary alicyclic amines) is 1. The molecule has 2 heterocycles. The fourth-order valence-corrected chi connectivity index (χ4v) is 2.64. The van der Waals surface area contributed by atoms with Crippen LogP contribution in [0.1, 0.15) is 35.8 Å². The highest BCUT2D eigenvalue weighted by Gasteiger charge is 2.22. The molecule has 0 atom stereocenters. The largest absolute Gasteiger partial charge is 0.341 e. The van der Waals surface area contributed by atoms with Gasteiger partial charge in [0, 0.05) is 31.4 Å². The van der Waals surface area contributed by atoms with Gasteiger partial charge in [-0.25, -0.2) is 4.98 Å². The number of pyridine rings is 1. The lowest BCUT2D eigenvalue weighted by Gasteiger charge is -2.21. The van der Waals surface area contributed by atoms with E-state index in [1.165, 1.54) is 4.90 Å². The van der Waals surface area contributed by atoms with Crippen molar-refractivity contribution >= 4 is 23.4 Å². The van der Waals surface area contributed by atoms with Gasteiger partial charge in [0.15, 0.2) is 0 Å². The number of amides is 2. The number of nitrogens with zero attached hydrogens (tertiary/aromatic N) is 3. The van der Waals surface area contributed by atoms with Crippen LogP contribution in [0.25, 0.3) is 0 Å². The molecule has 1 aliphatic heterocycles. The molecule has 1 aromatic rings. The first-order valence-corrected chi connectivity index (χ1v) is 7.58. The molecule has 0 aromatic carbocycles. The van der Waals surface area contributed by atoms with E-state index >= 15 is 0 Å². The smallest absolute Gasteiger partial charge is 0.254 e. The molecule has 6 heteroatoms. The van der Waals surface area contributed by atoms with Crippen LogP contribution < -0.4 is 0 Å². The maximum atomic E-state index is 12.4. The maximum absolute atomic E-state index is 12.4. The van der Waals surface area contributed by atoms with Gasteiger partial charge in [-0.15, -0.1) is 0 Å². The molecule has 1 saturated heterocycles. The van der Waals surface area contributed by atoms with E-state index in [0.29, 0.717) is 17.1 Å². The fourth-order valence-electron chi connectivity index (χ4n) is 2.42. The minimum atomic E-state index is -0.207. The summed E-state index contributed by atoms with van der Waals surface area (Å²) in [5.41, 5.74) is 1.24. The molecule has 1 aromatic heterocycles. The van der Waals surface area contributed by atoms with E-state index < -0.39 is 0 Å². The second kappa shape index (κ2) is 6.89. The lowest BCUT2D eigenvalue weighted by Crippen LogP contribution is -2.39. The number of hydrogen-bond donors (Lipinski definition) is 0. The zero-order chi connectivity index (χ0) is 15.4. The summed E-state index contributed by atoms with van der Waals surface area (Å²) >= 11 is 5.93. The number of carbonyl (C=O) groups excluding carboxylic acids is 2. The molecule has 0 N–H and O–H groups in total. The number of halogens is 1. The lowest BCUT2D eigenvalue weighted by atomic mass is 10.2. The second-order valence-corrected chi connectivity index (χ2v) is 5.66. The van der Waals surface area contributed by atoms with Gasteiger partial charge in [-0.3, -0.25) is 9.59 Å². The van der Waals surface area contributed by atoms with E-state index in [0.717, 1.165) is 31.6 Å². The fraction of sp³-hybridized carbons (Fsp3) is 0.533. The summed E-state index contributed by atoms with van der Waals surface area (Å²) in [5.74, 6) is -0.208. The first kappa shape index (κ1) is 15.8. The highest BCUT2D eigenvalue weighted by molar-refractivity contribution is 6.29. The van der Waals surface area contributed by atoms with Gasteiger partial charge in [-0.1, -0.05) is 18.5 Å². The number of likely N-dealkylation sites (N-methyl/N-ethyl adjacent to an activating group) is 1. The monoisotopic (exact) mass is 309 g/mol. The third kappa shape index (κ3) is 3.94. The number of rotatable bonds is 4. The molecule has 0 saturated carbocycles. The Kier molecular flexibility index (Phi) is 5.17. The van der Waals surface area contributed by atoms with Crippen LogP contribution in [0.2, 0.25) is 5.15 Å². The summed E-state index contributed by atoms with van der Waals surface area (Å²) in [4.78, 5) is 31.8. The molecule has 0 aliphatic carbocycles. The molecule has 114 valence electrons. The highest BCUT2D eigenvalue weighted by Crippen LogP contribution is 2.14. The predicted octanol–water partition coefficient (Wildman–Crippen LogP) is 1.99. The van der Waals surface area contributed by atoms with Crippen LogP contribution >= 0.6 is 11.6 Å². The van der Waals surface area contributed by atoms with E-state index in [4.69, 9.17) is 11.6 Å². The normalized spacial score (nSPS) is 14.3. The average molecular weight is 310 g/mol. The minimum Gasteiger partial charge on any atom is -0.341 e. The summed E-state index contributed by atoms with van der Waals surface area (Å²) in [6.45, 7) is 3.64. The van der Waals surface area contributed by atoms with Crippen LogP contribution in [0.15, 0.2) is 12.1 Å². The summed E-state index contributed by atoms with van der Waals surface area (Å²) in [5, 5.41) is 0.303. The number of hydrogen-bond acceptors (Lipinski definition) is 3. The van der Waals surface area contributed by atoms with Crippen LogP contribution in [-0.2, 0) is 11.2 Å². The van der Waals surface area contributed by atoms with Crippen molar-refractivity contribution in [2.24, 2.45) is 0 Å². The molecule has 2 rings (SSSR count). The number of carbonyl (C=O) groups is 2. The van der Waals surface area contributed by atoms with Gasteiger partial charge < -0.3 is 9.80 Å². The van der Waals surface area contributed by atoms with Crippen LogP contribution in [0.5, 0.6) is 0 Å². The van der Waals surface area contributed by atoms with Crippen LogP contribution in [0, 0.1) is 0 Å². The SMILES string of the molecule is CCc1cc(C(=O)N(C)CC(=O)N2CCCC2)cc(Cl)n1. The Bertz CT molecular complexity index is 542. The molecule has 5 nitrogen and oxygen atoms in total. The Balaban J connectivity index is 2.04.